The molecular weight excluding hydrogens is 376 g/mol. The maximum atomic E-state index is 5.96. The van der Waals surface area contributed by atoms with E-state index in [-0.39, 0.29) is 0 Å². The minimum absolute atomic E-state index is 0.451. The first-order valence-corrected chi connectivity index (χ1v) is 12.4. The van der Waals surface area contributed by atoms with Gasteiger partial charge in [-0.2, -0.15) is 0 Å². The molecule has 5 rings (SSSR count). The Balaban J connectivity index is 1.14. The maximum absolute atomic E-state index is 5.96. The molecule has 2 aromatic rings. The molecule has 4 heteroatoms. The fourth-order valence-electron chi connectivity index (χ4n) is 5.56. The second-order valence-corrected chi connectivity index (χ2v) is 10.3. The van der Waals surface area contributed by atoms with Crippen molar-refractivity contribution in [2.45, 2.75) is 57.2 Å². The Hall–Kier alpha value is -1.20. The van der Waals surface area contributed by atoms with E-state index in [1.807, 2.05) is 11.3 Å². The Morgan fingerprint density at radius 1 is 0.966 bits per heavy atom. The van der Waals surface area contributed by atoms with E-state index in [1.165, 1.54) is 63.0 Å². The van der Waals surface area contributed by atoms with Gasteiger partial charge in [-0.25, -0.2) is 0 Å². The van der Waals surface area contributed by atoms with Gasteiger partial charge in [0.25, 0.3) is 0 Å². The first-order valence-electron chi connectivity index (χ1n) is 11.5. The molecule has 0 amide bonds. The van der Waals surface area contributed by atoms with Crippen LogP contribution in [-0.4, -0.2) is 54.7 Å². The summed E-state index contributed by atoms with van der Waals surface area (Å²) in [7, 11) is 0. The van der Waals surface area contributed by atoms with Gasteiger partial charge in [0.15, 0.2) is 0 Å². The summed E-state index contributed by atoms with van der Waals surface area (Å²) in [5.74, 6) is 0.830. The van der Waals surface area contributed by atoms with Crippen LogP contribution in [0.2, 0.25) is 0 Å². The van der Waals surface area contributed by atoms with Crippen LogP contribution in [0.3, 0.4) is 0 Å². The molecule has 1 atom stereocenters. The lowest BCUT2D eigenvalue weighted by atomic mass is 9.94. The van der Waals surface area contributed by atoms with Crippen LogP contribution in [0.25, 0.3) is 0 Å². The summed E-state index contributed by atoms with van der Waals surface area (Å²) >= 11 is 1.89. The number of nitrogens with zero attached hydrogens (tertiary/aromatic N) is 2. The number of benzene rings is 1. The van der Waals surface area contributed by atoms with Crippen molar-refractivity contribution in [3.63, 3.8) is 0 Å². The molecule has 0 spiro atoms. The van der Waals surface area contributed by atoms with Gasteiger partial charge in [0.1, 0.15) is 0 Å². The Bertz CT molecular complexity index is 738. The van der Waals surface area contributed by atoms with Crippen LogP contribution >= 0.6 is 11.3 Å². The van der Waals surface area contributed by atoms with Gasteiger partial charge >= 0.3 is 0 Å². The lowest BCUT2D eigenvalue weighted by Crippen LogP contribution is -2.44. The molecule has 1 aromatic heterocycles. The van der Waals surface area contributed by atoms with Crippen molar-refractivity contribution in [2.75, 3.05) is 32.8 Å². The van der Waals surface area contributed by atoms with Gasteiger partial charge in [0.05, 0.1) is 6.10 Å². The van der Waals surface area contributed by atoms with Crippen molar-refractivity contribution >= 4 is 11.3 Å². The standard InChI is InChI=1S/C25H34N2OS/c1-2-6-22-16-23(15-21(22)5-1)27-11-9-20(10-12-27)17-26(18-24-7-3-13-28-24)19-25-8-4-14-29-25/h1-2,4-6,8,14,20,23-24H,3,7,9-13,15-19H2/t24-/m1/s1. The maximum Gasteiger partial charge on any atom is 0.0702 e. The van der Waals surface area contributed by atoms with Crippen molar-refractivity contribution < 1.29 is 4.74 Å². The SMILES string of the molecule is c1csc(CN(CC2CCN(C3Cc4ccccc4C3)CC2)C[C@H]2CCCO2)c1. The van der Waals surface area contributed by atoms with E-state index < -0.39 is 0 Å². The van der Waals surface area contributed by atoms with Crippen LogP contribution in [0, 0.1) is 5.92 Å². The Kier molecular flexibility index (Phi) is 6.33. The van der Waals surface area contributed by atoms with E-state index in [0.717, 1.165) is 31.7 Å². The Morgan fingerprint density at radius 3 is 2.41 bits per heavy atom. The number of piperidine rings is 1. The van der Waals surface area contributed by atoms with E-state index in [1.54, 1.807) is 11.1 Å². The first-order chi connectivity index (χ1) is 14.3. The van der Waals surface area contributed by atoms with Gasteiger partial charge in [-0.3, -0.25) is 9.80 Å². The van der Waals surface area contributed by atoms with Crippen LogP contribution in [0.15, 0.2) is 41.8 Å². The highest BCUT2D eigenvalue weighted by atomic mass is 32.1. The second-order valence-electron chi connectivity index (χ2n) is 9.22. The average molecular weight is 411 g/mol. The highest BCUT2D eigenvalue weighted by molar-refractivity contribution is 7.09. The monoisotopic (exact) mass is 410 g/mol. The van der Waals surface area contributed by atoms with Crippen LogP contribution in [0.5, 0.6) is 0 Å². The largest absolute Gasteiger partial charge is 0.377 e. The molecule has 0 unspecified atom stereocenters. The van der Waals surface area contributed by atoms with E-state index in [9.17, 15) is 0 Å². The molecule has 0 N–H and O–H groups in total. The molecule has 2 aliphatic heterocycles. The number of fused-ring (bicyclic) bond motifs is 1. The summed E-state index contributed by atoms with van der Waals surface area (Å²) in [6.45, 7) is 6.94. The summed E-state index contributed by atoms with van der Waals surface area (Å²) in [6.07, 6.45) is 8.13. The van der Waals surface area contributed by atoms with Gasteiger partial charge in [-0.05, 0) is 80.1 Å². The predicted molar refractivity (Wildman–Crippen MR) is 121 cm³/mol. The van der Waals surface area contributed by atoms with Gasteiger partial charge in [0, 0.05) is 37.2 Å². The van der Waals surface area contributed by atoms with Gasteiger partial charge < -0.3 is 4.74 Å². The van der Waals surface area contributed by atoms with Gasteiger partial charge in [0.2, 0.25) is 0 Å². The number of rotatable bonds is 7. The number of ether oxygens (including phenoxy) is 1. The van der Waals surface area contributed by atoms with E-state index >= 15 is 0 Å². The van der Waals surface area contributed by atoms with Crippen LogP contribution in [0.4, 0.5) is 0 Å². The number of hydrogen-bond donors (Lipinski definition) is 0. The molecule has 3 nitrogen and oxygen atoms in total. The van der Waals surface area contributed by atoms with Gasteiger partial charge in [-0.1, -0.05) is 30.3 Å². The number of thiophene rings is 1. The number of hydrogen-bond acceptors (Lipinski definition) is 4. The summed E-state index contributed by atoms with van der Waals surface area (Å²) < 4.78 is 5.96. The fourth-order valence-corrected chi connectivity index (χ4v) is 6.31. The van der Waals surface area contributed by atoms with Crippen LogP contribution < -0.4 is 0 Å². The zero-order chi connectivity index (χ0) is 19.5. The predicted octanol–water partition coefficient (Wildman–Crippen LogP) is 4.61. The lowest BCUT2D eigenvalue weighted by molar-refractivity contribution is 0.0545. The van der Waals surface area contributed by atoms with Crippen molar-refractivity contribution in [1.82, 2.24) is 9.80 Å². The zero-order valence-electron chi connectivity index (χ0n) is 17.5. The molecule has 1 aliphatic carbocycles. The third-order valence-corrected chi connectivity index (χ3v) is 8.02. The Labute approximate surface area is 179 Å². The van der Waals surface area contributed by atoms with Crippen LogP contribution in [0.1, 0.15) is 41.7 Å². The molecule has 1 aromatic carbocycles. The molecule has 0 bridgehead atoms. The van der Waals surface area contributed by atoms with E-state index in [4.69, 9.17) is 4.74 Å². The summed E-state index contributed by atoms with van der Waals surface area (Å²) in [4.78, 5) is 6.96. The van der Waals surface area contributed by atoms with Gasteiger partial charge in [-0.15, -0.1) is 11.3 Å². The first kappa shape index (κ1) is 19.7. The molecule has 156 valence electrons. The Morgan fingerprint density at radius 2 is 1.76 bits per heavy atom. The minimum Gasteiger partial charge on any atom is -0.377 e. The topological polar surface area (TPSA) is 15.7 Å². The zero-order valence-corrected chi connectivity index (χ0v) is 18.3. The van der Waals surface area contributed by atoms with Crippen molar-refractivity contribution in [1.29, 1.82) is 0 Å². The third-order valence-electron chi connectivity index (χ3n) is 7.16. The van der Waals surface area contributed by atoms with E-state index in [0.29, 0.717) is 6.10 Å². The van der Waals surface area contributed by atoms with Crippen molar-refractivity contribution in [3.05, 3.63) is 57.8 Å². The summed E-state index contributed by atoms with van der Waals surface area (Å²) in [5.41, 5.74) is 3.16. The molecule has 2 saturated heterocycles. The lowest BCUT2D eigenvalue weighted by Gasteiger charge is -2.38. The fraction of sp³-hybridized carbons (Fsp3) is 0.600. The molecule has 0 saturated carbocycles. The van der Waals surface area contributed by atoms with Crippen molar-refractivity contribution in [2.24, 2.45) is 5.92 Å². The smallest absolute Gasteiger partial charge is 0.0702 e. The molecule has 2 fully saturated rings. The van der Waals surface area contributed by atoms with E-state index in [2.05, 4.69) is 51.6 Å². The molecular formula is C25H34N2OS. The molecule has 3 aliphatic rings. The second kappa shape index (κ2) is 9.30. The summed E-state index contributed by atoms with van der Waals surface area (Å²) in [5, 5.41) is 2.21. The summed E-state index contributed by atoms with van der Waals surface area (Å²) in [6, 6.07) is 14.3. The normalized spacial score (nSPS) is 23.8. The quantitative estimate of drug-likeness (QED) is 0.663. The highest BCUT2D eigenvalue weighted by Crippen LogP contribution is 2.29. The highest BCUT2D eigenvalue weighted by Gasteiger charge is 2.30. The van der Waals surface area contributed by atoms with Crippen molar-refractivity contribution in [3.8, 4) is 0 Å². The molecule has 0 radical (unpaired) electrons. The number of likely N-dealkylation sites (tertiary alicyclic amines) is 1. The minimum atomic E-state index is 0.451. The molecule has 3 heterocycles. The molecule has 29 heavy (non-hydrogen) atoms. The van der Waals surface area contributed by atoms with Crippen LogP contribution in [-0.2, 0) is 24.1 Å². The average Bonchev–Trinajstić information content (AvgIpc) is 3.50. The third kappa shape index (κ3) is 4.93.